The van der Waals surface area contributed by atoms with Crippen LogP contribution < -0.4 is 5.32 Å². The van der Waals surface area contributed by atoms with Gasteiger partial charge in [0.05, 0.1) is 19.4 Å². The van der Waals surface area contributed by atoms with Gasteiger partial charge in [-0.3, -0.25) is 9.59 Å². The van der Waals surface area contributed by atoms with Gasteiger partial charge in [0.25, 0.3) is 0 Å². The number of esters is 1. The highest BCUT2D eigenvalue weighted by Gasteiger charge is 2.23. The quantitative estimate of drug-likeness (QED) is 0.509. The van der Waals surface area contributed by atoms with Gasteiger partial charge in [-0.15, -0.1) is 0 Å². The van der Waals surface area contributed by atoms with Crippen LogP contribution in [0, 0.1) is 5.92 Å². The van der Waals surface area contributed by atoms with Crippen molar-refractivity contribution >= 4 is 17.9 Å². The molecule has 0 spiro atoms. The predicted molar refractivity (Wildman–Crippen MR) is 121 cm³/mol. The van der Waals surface area contributed by atoms with Crippen molar-refractivity contribution in [2.75, 3.05) is 32.8 Å². The van der Waals surface area contributed by atoms with E-state index in [1.165, 1.54) is 4.90 Å². The van der Waals surface area contributed by atoms with Gasteiger partial charge in [0.2, 0.25) is 5.91 Å². The third-order valence-electron chi connectivity index (χ3n) is 4.68. The maximum atomic E-state index is 13.2. The summed E-state index contributed by atoms with van der Waals surface area (Å²) in [6.45, 7) is 6.73. The molecule has 2 rings (SSSR count). The predicted octanol–water partition coefficient (Wildman–Crippen LogP) is 3.08. The Morgan fingerprint density at radius 3 is 2.44 bits per heavy atom. The van der Waals surface area contributed by atoms with Crippen LogP contribution in [-0.2, 0) is 27.3 Å². The van der Waals surface area contributed by atoms with Gasteiger partial charge in [0.15, 0.2) is 0 Å². The molecule has 32 heavy (non-hydrogen) atoms. The van der Waals surface area contributed by atoms with Crippen molar-refractivity contribution < 1.29 is 23.5 Å². The lowest BCUT2D eigenvalue weighted by Gasteiger charge is -2.28. The number of carbonyl (C=O) groups excluding carboxylic acids is 3. The summed E-state index contributed by atoms with van der Waals surface area (Å²) in [5, 5.41) is 2.54. The third kappa shape index (κ3) is 8.83. The molecule has 0 radical (unpaired) electrons. The van der Waals surface area contributed by atoms with E-state index >= 15 is 0 Å². The average molecular weight is 444 g/mol. The Labute approximate surface area is 189 Å². The number of carbonyl (C=O) groups is 3. The SMILES string of the molecule is CCOC(=O)CNC(=O)N(CC(=O)N(CCc1ccccc1)Cc1ccco1)CC(C)C. The third-order valence-corrected chi connectivity index (χ3v) is 4.68. The van der Waals surface area contributed by atoms with Crippen LogP contribution in [0.15, 0.2) is 53.1 Å². The van der Waals surface area contributed by atoms with Gasteiger partial charge in [0.1, 0.15) is 18.8 Å². The van der Waals surface area contributed by atoms with Crippen LogP contribution >= 0.6 is 0 Å². The number of nitrogens with one attached hydrogen (secondary N) is 1. The van der Waals surface area contributed by atoms with Crippen molar-refractivity contribution in [3.8, 4) is 0 Å². The Bertz CT molecular complexity index is 837. The van der Waals surface area contributed by atoms with E-state index in [4.69, 9.17) is 9.15 Å². The fourth-order valence-electron chi connectivity index (χ4n) is 3.19. The number of amides is 3. The molecule has 1 aromatic carbocycles. The number of hydrogen-bond donors (Lipinski definition) is 1. The smallest absolute Gasteiger partial charge is 0.325 e. The van der Waals surface area contributed by atoms with E-state index in [-0.39, 0.29) is 31.5 Å². The highest BCUT2D eigenvalue weighted by Crippen LogP contribution is 2.10. The molecule has 0 aliphatic rings. The summed E-state index contributed by atoms with van der Waals surface area (Å²) in [6, 6.07) is 13.0. The van der Waals surface area contributed by atoms with E-state index in [9.17, 15) is 14.4 Å². The molecule has 0 saturated carbocycles. The van der Waals surface area contributed by atoms with Gasteiger partial charge in [-0.2, -0.15) is 0 Å². The minimum Gasteiger partial charge on any atom is -0.467 e. The van der Waals surface area contributed by atoms with Crippen LogP contribution in [0.5, 0.6) is 0 Å². The van der Waals surface area contributed by atoms with Gasteiger partial charge >= 0.3 is 12.0 Å². The topological polar surface area (TPSA) is 92.1 Å². The molecule has 0 saturated heterocycles. The second-order valence-corrected chi connectivity index (χ2v) is 7.87. The first-order chi connectivity index (χ1) is 15.4. The number of urea groups is 1. The molecule has 3 amide bonds. The molecule has 1 N–H and O–H groups in total. The van der Waals surface area contributed by atoms with Crippen LogP contribution in [0.3, 0.4) is 0 Å². The molecule has 8 nitrogen and oxygen atoms in total. The van der Waals surface area contributed by atoms with Crippen molar-refractivity contribution in [3.05, 3.63) is 60.1 Å². The molecule has 1 heterocycles. The molecule has 0 bridgehead atoms. The van der Waals surface area contributed by atoms with Crippen LogP contribution in [0.4, 0.5) is 4.79 Å². The molecule has 0 aliphatic heterocycles. The van der Waals surface area contributed by atoms with E-state index < -0.39 is 12.0 Å². The molecule has 2 aromatic rings. The lowest BCUT2D eigenvalue weighted by molar-refractivity contribution is -0.141. The van der Waals surface area contributed by atoms with E-state index in [1.54, 1.807) is 24.2 Å². The number of ether oxygens (including phenoxy) is 1. The second-order valence-electron chi connectivity index (χ2n) is 7.87. The van der Waals surface area contributed by atoms with Gasteiger partial charge < -0.3 is 24.3 Å². The first-order valence-electron chi connectivity index (χ1n) is 10.9. The van der Waals surface area contributed by atoms with E-state index in [2.05, 4.69) is 5.32 Å². The summed E-state index contributed by atoms with van der Waals surface area (Å²) in [7, 11) is 0. The van der Waals surface area contributed by atoms with Crippen LogP contribution in [0.1, 0.15) is 32.1 Å². The zero-order chi connectivity index (χ0) is 23.3. The number of rotatable bonds is 12. The van der Waals surface area contributed by atoms with Crippen molar-refractivity contribution in [1.82, 2.24) is 15.1 Å². The highest BCUT2D eigenvalue weighted by molar-refractivity contribution is 5.86. The van der Waals surface area contributed by atoms with Crippen molar-refractivity contribution in [2.24, 2.45) is 5.92 Å². The monoisotopic (exact) mass is 443 g/mol. The standard InChI is InChI=1S/C24H33N3O5/c1-4-31-23(29)15-25-24(30)27(16-19(2)3)18-22(28)26(17-21-11-8-14-32-21)13-12-20-9-6-5-7-10-20/h5-11,14,19H,4,12-13,15-18H2,1-3H3,(H,25,30). The number of hydrogen-bond acceptors (Lipinski definition) is 5. The van der Waals surface area contributed by atoms with Crippen molar-refractivity contribution in [1.29, 1.82) is 0 Å². The summed E-state index contributed by atoms with van der Waals surface area (Å²) < 4.78 is 10.3. The van der Waals surface area contributed by atoms with Gasteiger partial charge in [-0.1, -0.05) is 44.2 Å². The first-order valence-corrected chi connectivity index (χ1v) is 10.9. The fraction of sp³-hybridized carbons (Fsp3) is 0.458. The molecule has 0 atom stereocenters. The maximum Gasteiger partial charge on any atom is 0.325 e. The Hall–Kier alpha value is -3.29. The van der Waals surface area contributed by atoms with Crippen molar-refractivity contribution in [3.63, 3.8) is 0 Å². The number of nitrogens with zero attached hydrogens (tertiary/aromatic N) is 2. The van der Waals surface area contributed by atoms with Gasteiger partial charge in [-0.05, 0) is 37.0 Å². The largest absolute Gasteiger partial charge is 0.467 e. The minimum absolute atomic E-state index is 0.0949. The van der Waals surface area contributed by atoms with Crippen molar-refractivity contribution in [2.45, 2.75) is 33.7 Å². The van der Waals surface area contributed by atoms with E-state index in [0.717, 1.165) is 5.56 Å². The van der Waals surface area contributed by atoms with Gasteiger partial charge in [-0.25, -0.2) is 4.79 Å². The number of furan rings is 1. The maximum absolute atomic E-state index is 13.2. The normalized spacial score (nSPS) is 10.6. The first kappa shape index (κ1) is 25.0. The molecule has 0 fully saturated rings. The summed E-state index contributed by atoms with van der Waals surface area (Å²) in [6.07, 6.45) is 2.26. The Kier molecular flexibility index (Phi) is 10.3. The summed E-state index contributed by atoms with van der Waals surface area (Å²) in [5.74, 6) is 0.121. The van der Waals surface area contributed by atoms with Crippen LogP contribution in [0.2, 0.25) is 0 Å². The lowest BCUT2D eigenvalue weighted by Crippen LogP contribution is -2.49. The molecule has 0 aliphatic carbocycles. The summed E-state index contributed by atoms with van der Waals surface area (Å²) in [5.41, 5.74) is 1.12. The van der Waals surface area contributed by atoms with Gasteiger partial charge in [0, 0.05) is 13.1 Å². The highest BCUT2D eigenvalue weighted by atomic mass is 16.5. The summed E-state index contributed by atoms with van der Waals surface area (Å²) in [4.78, 5) is 40.6. The Balaban J connectivity index is 2.05. The molecule has 8 heteroatoms. The zero-order valence-electron chi connectivity index (χ0n) is 19.1. The molecular formula is C24H33N3O5. The van der Waals surface area contributed by atoms with E-state index in [0.29, 0.717) is 31.8 Å². The molecular weight excluding hydrogens is 410 g/mol. The Morgan fingerprint density at radius 1 is 1.06 bits per heavy atom. The van der Waals surface area contributed by atoms with E-state index in [1.807, 2.05) is 50.2 Å². The number of benzene rings is 1. The average Bonchev–Trinajstić information content (AvgIpc) is 3.28. The molecule has 174 valence electrons. The summed E-state index contributed by atoms with van der Waals surface area (Å²) >= 11 is 0. The minimum atomic E-state index is -0.515. The van der Waals surface area contributed by atoms with Crippen LogP contribution in [0.25, 0.3) is 0 Å². The Morgan fingerprint density at radius 2 is 1.81 bits per heavy atom. The zero-order valence-corrected chi connectivity index (χ0v) is 19.1. The van der Waals surface area contributed by atoms with Crippen LogP contribution in [-0.4, -0.2) is 60.5 Å². The molecule has 0 unspecified atom stereocenters. The second kappa shape index (κ2) is 13.2. The molecule has 1 aromatic heterocycles. The fourth-order valence-corrected chi connectivity index (χ4v) is 3.19. The lowest BCUT2D eigenvalue weighted by atomic mass is 10.1.